The van der Waals surface area contributed by atoms with Crippen LogP contribution in [0.3, 0.4) is 0 Å². The van der Waals surface area contributed by atoms with Crippen LogP contribution in [0.5, 0.6) is 0 Å². The number of hydrogen-bond donors (Lipinski definition) is 1. The molecule has 4 nitrogen and oxygen atoms in total. The highest BCUT2D eigenvalue weighted by Crippen LogP contribution is 2.36. The van der Waals surface area contributed by atoms with Crippen molar-refractivity contribution >= 4 is 17.7 Å². The van der Waals surface area contributed by atoms with Crippen molar-refractivity contribution in [2.24, 2.45) is 5.92 Å². The molecule has 0 amide bonds. The number of hydrogen-bond acceptors (Lipinski definition) is 4. The van der Waals surface area contributed by atoms with Gasteiger partial charge in [-0.05, 0) is 37.0 Å². The maximum absolute atomic E-state index is 14.5. The monoisotopic (exact) mass is 427 g/mol. The average Bonchev–Trinajstić information content (AvgIpc) is 2.70. The number of carboxylic acids is 1. The lowest BCUT2D eigenvalue weighted by atomic mass is 10.0. The summed E-state index contributed by atoms with van der Waals surface area (Å²) in [7, 11) is 0. The Bertz CT molecular complexity index is 774. The van der Waals surface area contributed by atoms with Gasteiger partial charge >= 0.3 is 5.97 Å². The fourth-order valence-electron chi connectivity index (χ4n) is 3.49. The molecule has 3 rings (SSSR count). The molecular formula is C21H24F3NO3S. The van der Waals surface area contributed by atoms with Gasteiger partial charge in [-0.3, -0.25) is 0 Å². The quantitative estimate of drug-likeness (QED) is 0.655. The molecule has 0 spiro atoms. The van der Waals surface area contributed by atoms with Gasteiger partial charge in [-0.15, -0.1) is 11.8 Å². The largest absolute Gasteiger partial charge is 0.478 e. The molecule has 1 aromatic rings. The maximum Gasteiger partial charge on any atom is 0.338 e. The highest BCUT2D eigenvalue weighted by atomic mass is 32.2. The number of carboxylic acid groups (broad SMARTS) is 1. The van der Waals surface area contributed by atoms with Crippen LogP contribution in [0.1, 0.15) is 24.8 Å². The van der Waals surface area contributed by atoms with Crippen molar-refractivity contribution in [1.29, 1.82) is 0 Å². The van der Waals surface area contributed by atoms with Gasteiger partial charge in [0.1, 0.15) is 5.82 Å². The molecule has 2 aliphatic heterocycles. The van der Waals surface area contributed by atoms with Crippen LogP contribution in [0.25, 0.3) is 0 Å². The second-order valence-electron chi connectivity index (χ2n) is 7.22. The Kier molecular flexibility index (Phi) is 7.29. The van der Waals surface area contributed by atoms with Crippen LogP contribution in [0.15, 0.2) is 47.0 Å². The third-order valence-electron chi connectivity index (χ3n) is 5.01. The minimum absolute atomic E-state index is 0.0436. The minimum Gasteiger partial charge on any atom is -0.478 e. The summed E-state index contributed by atoms with van der Waals surface area (Å²) in [5.74, 6) is -4.41. The number of ether oxygens (including phenoxy) is 1. The zero-order valence-electron chi connectivity index (χ0n) is 16.0. The Morgan fingerprint density at radius 2 is 2.07 bits per heavy atom. The van der Waals surface area contributed by atoms with Crippen molar-refractivity contribution < 1.29 is 27.8 Å². The number of aliphatic carboxylic acids is 1. The van der Waals surface area contributed by atoms with Crippen molar-refractivity contribution in [3.8, 4) is 0 Å². The molecule has 2 aliphatic rings. The molecule has 0 radical (unpaired) electrons. The van der Waals surface area contributed by atoms with E-state index in [1.54, 1.807) is 6.08 Å². The minimum atomic E-state index is -3.11. The van der Waals surface area contributed by atoms with Crippen LogP contribution < -0.4 is 0 Å². The first-order valence-corrected chi connectivity index (χ1v) is 10.6. The molecule has 1 atom stereocenters. The molecule has 8 heteroatoms. The van der Waals surface area contributed by atoms with Crippen LogP contribution in [0.4, 0.5) is 13.2 Å². The van der Waals surface area contributed by atoms with E-state index >= 15 is 0 Å². The van der Waals surface area contributed by atoms with Gasteiger partial charge in [-0.25, -0.2) is 18.0 Å². The van der Waals surface area contributed by atoms with Gasteiger partial charge < -0.3 is 14.7 Å². The molecule has 29 heavy (non-hydrogen) atoms. The van der Waals surface area contributed by atoms with Crippen LogP contribution in [-0.2, 0) is 15.5 Å². The first-order chi connectivity index (χ1) is 13.9. The van der Waals surface area contributed by atoms with Gasteiger partial charge in [0.15, 0.2) is 0 Å². The molecule has 0 bridgehead atoms. The summed E-state index contributed by atoms with van der Waals surface area (Å²) in [6.45, 7) is 2.55. The molecule has 0 aromatic heterocycles. The number of carbonyl (C=O) groups is 1. The van der Waals surface area contributed by atoms with Crippen LogP contribution in [0, 0.1) is 11.7 Å². The van der Waals surface area contributed by atoms with E-state index < -0.39 is 24.1 Å². The predicted octanol–water partition coefficient (Wildman–Crippen LogP) is 4.64. The second kappa shape index (κ2) is 9.71. The van der Waals surface area contributed by atoms with Crippen LogP contribution >= 0.6 is 11.8 Å². The van der Waals surface area contributed by atoms with Gasteiger partial charge in [-0.1, -0.05) is 18.2 Å². The topological polar surface area (TPSA) is 49.8 Å². The third kappa shape index (κ3) is 5.79. The first kappa shape index (κ1) is 21.8. The molecule has 0 aliphatic carbocycles. The number of benzene rings is 1. The lowest BCUT2D eigenvalue weighted by Crippen LogP contribution is -2.35. The Labute approximate surface area is 172 Å². The Morgan fingerprint density at radius 1 is 1.31 bits per heavy atom. The molecule has 158 valence electrons. The van der Waals surface area contributed by atoms with E-state index in [0.29, 0.717) is 30.6 Å². The number of alkyl halides is 2. The van der Waals surface area contributed by atoms with Crippen molar-refractivity contribution in [2.75, 3.05) is 32.1 Å². The van der Waals surface area contributed by atoms with Crippen molar-refractivity contribution in [2.45, 2.75) is 25.2 Å². The fourth-order valence-corrected chi connectivity index (χ4v) is 4.68. The van der Waals surface area contributed by atoms with Crippen molar-refractivity contribution in [3.63, 3.8) is 0 Å². The van der Waals surface area contributed by atoms with E-state index in [4.69, 9.17) is 4.74 Å². The molecule has 1 unspecified atom stereocenters. The zero-order valence-corrected chi connectivity index (χ0v) is 16.8. The molecule has 0 saturated carbocycles. The number of thioether (sulfide) groups is 1. The number of halogens is 3. The fraction of sp³-hybridized carbons (Fsp3) is 0.476. The summed E-state index contributed by atoms with van der Waals surface area (Å²) in [5.41, 5.74) is -0.116. The van der Waals surface area contributed by atoms with Gasteiger partial charge in [0.05, 0.1) is 17.2 Å². The predicted molar refractivity (Wildman–Crippen MR) is 106 cm³/mol. The van der Waals surface area contributed by atoms with Crippen molar-refractivity contribution in [3.05, 3.63) is 58.4 Å². The SMILES string of the molecule is O=C(O)C1=C(SCCC(F)(F)c2ccc(F)cc2)N(CC2CCCOC2)CC=C1. The Morgan fingerprint density at radius 3 is 2.72 bits per heavy atom. The molecular weight excluding hydrogens is 403 g/mol. The molecule has 1 N–H and O–H groups in total. The third-order valence-corrected chi connectivity index (χ3v) is 6.17. The number of nitrogens with zero attached hydrogens (tertiary/aromatic N) is 1. The van der Waals surface area contributed by atoms with E-state index in [0.717, 1.165) is 55.5 Å². The van der Waals surface area contributed by atoms with Crippen LogP contribution in [-0.4, -0.2) is 48.0 Å². The normalized spacial score (nSPS) is 20.2. The smallest absolute Gasteiger partial charge is 0.338 e. The van der Waals surface area contributed by atoms with Gasteiger partial charge in [0, 0.05) is 37.4 Å². The first-order valence-electron chi connectivity index (χ1n) is 9.60. The lowest BCUT2D eigenvalue weighted by Gasteiger charge is -2.34. The van der Waals surface area contributed by atoms with Gasteiger partial charge in [0.25, 0.3) is 5.92 Å². The average molecular weight is 427 g/mol. The summed E-state index contributed by atoms with van der Waals surface area (Å²) in [4.78, 5) is 13.6. The van der Waals surface area contributed by atoms with E-state index in [9.17, 15) is 23.1 Å². The number of rotatable bonds is 8. The Balaban J connectivity index is 1.67. The summed E-state index contributed by atoms with van der Waals surface area (Å²) >= 11 is 1.13. The lowest BCUT2D eigenvalue weighted by molar-refractivity contribution is -0.132. The summed E-state index contributed by atoms with van der Waals surface area (Å²) in [6.07, 6.45) is 4.82. The Hall–Kier alpha value is -1.93. The zero-order chi connectivity index (χ0) is 20.9. The van der Waals surface area contributed by atoms with E-state index in [-0.39, 0.29) is 16.9 Å². The molecule has 1 fully saturated rings. The second-order valence-corrected chi connectivity index (χ2v) is 8.31. The van der Waals surface area contributed by atoms with Crippen molar-refractivity contribution in [1.82, 2.24) is 4.90 Å². The highest BCUT2D eigenvalue weighted by molar-refractivity contribution is 8.03. The van der Waals surface area contributed by atoms with Crippen LogP contribution in [0.2, 0.25) is 0 Å². The summed E-state index contributed by atoms with van der Waals surface area (Å²) in [6, 6.07) is 4.20. The van der Waals surface area contributed by atoms with E-state index in [2.05, 4.69) is 0 Å². The van der Waals surface area contributed by atoms with E-state index in [1.807, 2.05) is 4.90 Å². The van der Waals surface area contributed by atoms with Gasteiger partial charge in [0.2, 0.25) is 0 Å². The highest BCUT2D eigenvalue weighted by Gasteiger charge is 2.32. The molecule has 1 aromatic carbocycles. The molecule has 2 heterocycles. The van der Waals surface area contributed by atoms with Gasteiger partial charge in [-0.2, -0.15) is 0 Å². The standard InChI is InChI=1S/C21H24F3NO3S/c22-17-7-5-16(6-8-17)21(23,24)9-12-29-19-18(20(26)27)4-1-10-25(19)13-15-3-2-11-28-14-15/h1,4-8,15H,2-3,9-14H2,(H,26,27). The summed E-state index contributed by atoms with van der Waals surface area (Å²) in [5, 5.41) is 10.1. The molecule has 1 saturated heterocycles. The van der Waals surface area contributed by atoms with E-state index in [1.165, 1.54) is 6.08 Å². The maximum atomic E-state index is 14.5. The summed E-state index contributed by atoms with van der Waals surface area (Å²) < 4.78 is 47.4.